The lowest BCUT2D eigenvalue weighted by Gasteiger charge is -2.00. The number of nitrogens with zero attached hydrogens (tertiary/aromatic N) is 2. The van der Waals surface area contributed by atoms with Crippen molar-refractivity contribution in [2.24, 2.45) is 0 Å². The molecule has 0 saturated carbocycles. The first-order valence-corrected chi connectivity index (χ1v) is 6.60. The third kappa shape index (κ3) is 2.00. The van der Waals surface area contributed by atoms with E-state index in [1.807, 2.05) is 29.6 Å². The van der Waals surface area contributed by atoms with Gasteiger partial charge in [0.05, 0.1) is 17.3 Å². The predicted molar refractivity (Wildman–Crippen MR) is 73.5 cm³/mol. The Bertz CT molecular complexity index is 691. The molecule has 3 aromatic rings. The summed E-state index contributed by atoms with van der Waals surface area (Å²) in [6, 6.07) is 10.0. The lowest BCUT2D eigenvalue weighted by atomic mass is 10.1. The summed E-state index contributed by atoms with van der Waals surface area (Å²) in [6.07, 6.45) is 1.27. The van der Waals surface area contributed by atoms with Gasteiger partial charge in [-0.05, 0) is 31.2 Å². The number of thiazole rings is 1. The van der Waals surface area contributed by atoms with Crippen LogP contribution in [0.15, 0.2) is 41.9 Å². The number of aliphatic hydroxyl groups excluding tert-OH is 1. The first-order chi connectivity index (χ1) is 8.74. The van der Waals surface area contributed by atoms with Gasteiger partial charge in [-0.2, -0.15) is 0 Å². The SMILES string of the molecule is CC(O)c1csc(-c2ccc3ncccc3c2)n1. The molecule has 0 amide bonds. The summed E-state index contributed by atoms with van der Waals surface area (Å²) in [4.78, 5) is 8.73. The summed E-state index contributed by atoms with van der Waals surface area (Å²) in [6.45, 7) is 1.73. The molecule has 18 heavy (non-hydrogen) atoms. The first-order valence-electron chi connectivity index (χ1n) is 5.73. The van der Waals surface area contributed by atoms with Crippen LogP contribution in [-0.2, 0) is 0 Å². The van der Waals surface area contributed by atoms with Gasteiger partial charge in [-0.3, -0.25) is 4.98 Å². The normalized spacial score (nSPS) is 12.8. The maximum atomic E-state index is 9.49. The molecule has 2 aromatic heterocycles. The second kappa shape index (κ2) is 4.48. The molecule has 0 aliphatic carbocycles. The molecule has 2 heterocycles. The maximum Gasteiger partial charge on any atom is 0.123 e. The van der Waals surface area contributed by atoms with Crippen LogP contribution in [-0.4, -0.2) is 15.1 Å². The Balaban J connectivity index is 2.07. The van der Waals surface area contributed by atoms with Gasteiger partial charge in [-0.1, -0.05) is 6.07 Å². The van der Waals surface area contributed by atoms with Crippen LogP contribution < -0.4 is 0 Å². The smallest absolute Gasteiger partial charge is 0.123 e. The van der Waals surface area contributed by atoms with Gasteiger partial charge in [0.25, 0.3) is 0 Å². The van der Waals surface area contributed by atoms with Gasteiger partial charge < -0.3 is 5.11 Å². The minimum Gasteiger partial charge on any atom is -0.387 e. The second-order valence-electron chi connectivity index (χ2n) is 4.16. The molecule has 4 heteroatoms. The molecular formula is C14H12N2OS. The van der Waals surface area contributed by atoms with Crippen LogP contribution in [0, 0.1) is 0 Å². The molecule has 1 N–H and O–H groups in total. The highest BCUT2D eigenvalue weighted by atomic mass is 32.1. The van der Waals surface area contributed by atoms with Crippen LogP contribution in [0.4, 0.5) is 0 Å². The van der Waals surface area contributed by atoms with Gasteiger partial charge in [0.15, 0.2) is 0 Å². The van der Waals surface area contributed by atoms with E-state index in [2.05, 4.69) is 16.0 Å². The van der Waals surface area contributed by atoms with Crippen molar-refractivity contribution in [3.8, 4) is 10.6 Å². The average molecular weight is 256 g/mol. The number of fused-ring (bicyclic) bond motifs is 1. The van der Waals surface area contributed by atoms with Gasteiger partial charge in [-0.25, -0.2) is 4.98 Å². The number of pyridine rings is 1. The lowest BCUT2D eigenvalue weighted by molar-refractivity contribution is 0.195. The Kier molecular flexibility index (Phi) is 2.81. The fourth-order valence-corrected chi connectivity index (χ4v) is 2.72. The van der Waals surface area contributed by atoms with E-state index in [-0.39, 0.29) is 0 Å². The van der Waals surface area contributed by atoms with E-state index in [9.17, 15) is 5.11 Å². The van der Waals surface area contributed by atoms with E-state index in [4.69, 9.17) is 0 Å². The van der Waals surface area contributed by atoms with Crippen LogP contribution >= 0.6 is 11.3 Å². The Hall–Kier alpha value is -1.78. The lowest BCUT2D eigenvalue weighted by Crippen LogP contribution is -1.90. The van der Waals surface area contributed by atoms with E-state index in [0.717, 1.165) is 27.2 Å². The molecule has 0 fully saturated rings. The van der Waals surface area contributed by atoms with Gasteiger partial charge >= 0.3 is 0 Å². The molecule has 0 bridgehead atoms. The fourth-order valence-electron chi connectivity index (χ4n) is 1.82. The van der Waals surface area contributed by atoms with Crippen molar-refractivity contribution >= 4 is 22.2 Å². The topological polar surface area (TPSA) is 46.0 Å². The summed E-state index contributed by atoms with van der Waals surface area (Å²) < 4.78 is 0. The number of hydrogen-bond donors (Lipinski definition) is 1. The molecule has 3 nitrogen and oxygen atoms in total. The molecule has 1 aromatic carbocycles. The molecule has 0 spiro atoms. The van der Waals surface area contributed by atoms with Crippen LogP contribution in [0.2, 0.25) is 0 Å². The van der Waals surface area contributed by atoms with Crippen molar-refractivity contribution in [1.82, 2.24) is 9.97 Å². The zero-order valence-corrected chi connectivity index (χ0v) is 10.7. The van der Waals surface area contributed by atoms with E-state index >= 15 is 0 Å². The minimum absolute atomic E-state index is 0.517. The van der Waals surface area contributed by atoms with Gasteiger partial charge in [-0.15, -0.1) is 11.3 Å². The van der Waals surface area contributed by atoms with Crippen LogP contribution in [0.25, 0.3) is 21.5 Å². The second-order valence-corrected chi connectivity index (χ2v) is 5.02. The number of benzene rings is 1. The van der Waals surface area contributed by atoms with Crippen molar-refractivity contribution in [1.29, 1.82) is 0 Å². The minimum atomic E-state index is -0.517. The van der Waals surface area contributed by atoms with Crippen molar-refractivity contribution in [3.05, 3.63) is 47.6 Å². The highest BCUT2D eigenvalue weighted by molar-refractivity contribution is 7.13. The van der Waals surface area contributed by atoms with Crippen molar-refractivity contribution in [2.45, 2.75) is 13.0 Å². The monoisotopic (exact) mass is 256 g/mol. The summed E-state index contributed by atoms with van der Waals surface area (Å²) in [7, 11) is 0. The molecule has 1 unspecified atom stereocenters. The zero-order valence-electron chi connectivity index (χ0n) is 9.87. The Morgan fingerprint density at radius 2 is 2.17 bits per heavy atom. The van der Waals surface area contributed by atoms with Crippen LogP contribution in [0.3, 0.4) is 0 Å². The number of rotatable bonds is 2. The summed E-state index contributed by atoms with van der Waals surface area (Å²) in [5.74, 6) is 0. The molecule has 0 aliphatic rings. The third-order valence-electron chi connectivity index (χ3n) is 2.80. The Labute approximate surface area is 109 Å². The summed E-state index contributed by atoms with van der Waals surface area (Å²) in [5.41, 5.74) is 2.77. The van der Waals surface area contributed by atoms with Crippen molar-refractivity contribution in [2.75, 3.05) is 0 Å². The molecule has 3 rings (SSSR count). The number of hydrogen-bond acceptors (Lipinski definition) is 4. The van der Waals surface area contributed by atoms with E-state index in [0.29, 0.717) is 0 Å². The van der Waals surface area contributed by atoms with Crippen LogP contribution in [0.5, 0.6) is 0 Å². The third-order valence-corrected chi connectivity index (χ3v) is 3.71. The molecule has 0 aliphatic heterocycles. The van der Waals surface area contributed by atoms with Crippen LogP contribution in [0.1, 0.15) is 18.7 Å². The predicted octanol–water partition coefficient (Wildman–Crippen LogP) is 3.41. The van der Waals surface area contributed by atoms with Gasteiger partial charge in [0.1, 0.15) is 5.01 Å². The Morgan fingerprint density at radius 1 is 1.28 bits per heavy atom. The number of aromatic nitrogens is 2. The average Bonchev–Trinajstić information content (AvgIpc) is 2.88. The summed E-state index contributed by atoms with van der Waals surface area (Å²) in [5, 5.41) is 13.4. The Morgan fingerprint density at radius 3 is 2.94 bits per heavy atom. The molecule has 1 atom stereocenters. The largest absolute Gasteiger partial charge is 0.387 e. The van der Waals surface area contributed by atoms with E-state index in [1.54, 1.807) is 24.5 Å². The van der Waals surface area contributed by atoms with Crippen molar-refractivity contribution in [3.63, 3.8) is 0 Å². The standard InChI is InChI=1S/C14H12N2OS/c1-9(17)13-8-18-14(16-13)11-4-5-12-10(7-11)3-2-6-15-12/h2-9,17H,1H3. The highest BCUT2D eigenvalue weighted by Gasteiger charge is 2.08. The molecular weight excluding hydrogens is 244 g/mol. The number of aliphatic hydroxyl groups is 1. The van der Waals surface area contributed by atoms with E-state index in [1.165, 1.54) is 0 Å². The van der Waals surface area contributed by atoms with Gasteiger partial charge in [0.2, 0.25) is 0 Å². The summed E-state index contributed by atoms with van der Waals surface area (Å²) >= 11 is 1.55. The van der Waals surface area contributed by atoms with Crippen molar-refractivity contribution < 1.29 is 5.11 Å². The first kappa shape index (κ1) is 11.3. The molecule has 0 saturated heterocycles. The zero-order chi connectivity index (χ0) is 12.5. The van der Waals surface area contributed by atoms with E-state index < -0.39 is 6.10 Å². The maximum absolute atomic E-state index is 9.49. The molecule has 90 valence electrons. The highest BCUT2D eigenvalue weighted by Crippen LogP contribution is 2.28. The quantitative estimate of drug-likeness (QED) is 0.764. The fraction of sp³-hybridized carbons (Fsp3) is 0.143. The van der Waals surface area contributed by atoms with Gasteiger partial charge in [0, 0.05) is 22.5 Å². The molecule has 0 radical (unpaired) electrons.